The molecule has 0 fully saturated rings. The van der Waals surface area contributed by atoms with E-state index in [0.717, 1.165) is 5.56 Å². The minimum absolute atomic E-state index is 0.0730. The molecule has 19 heavy (non-hydrogen) atoms. The molecule has 1 aromatic carbocycles. The van der Waals surface area contributed by atoms with Crippen LogP contribution >= 0.6 is 0 Å². The number of carboxylic acid groups (broad SMARTS) is 1. The molecule has 0 bridgehead atoms. The van der Waals surface area contributed by atoms with Crippen molar-refractivity contribution < 1.29 is 19.4 Å². The number of rotatable bonds is 4. The maximum absolute atomic E-state index is 11.1. The van der Waals surface area contributed by atoms with Gasteiger partial charge in [-0.25, -0.2) is 9.59 Å². The summed E-state index contributed by atoms with van der Waals surface area (Å²) in [5.41, 5.74) is 1.27. The Morgan fingerprint density at radius 1 is 1.32 bits per heavy atom. The Labute approximate surface area is 110 Å². The Balaban J connectivity index is 2.57. The second-order valence-corrected chi connectivity index (χ2v) is 3.58. The van der Waals surface area contributed by atoms with Gasteiger partial charge in [-0.15, -0.1) is 0 Å². The van der Waals surface area contributed by atoms with Gasteiger partial charge in [0.05, 0.1) is 6.61 Å². The van der Waals surface area contributed by atoms with Crippen LogP contribution in [0.1, 0.15) is 18.1 Å². The number of benzene rings is 1. The molecule has 7 nitrogen and oxygen atoms in total. The lowest BCUT2D eigenvalue weighted by molar-refractivity contribution is 0.158. The van der Waals surface area contributed by atoms with Gasteiger partial charge in [-0.1, -0.05) is 24.3 Å². The third-order valence-corrected chi connectivity index (χ3v) is 2.19. The van der Waals surface area contributed by atoms with Crippen molar-refractivity contribution in [1.29, 1.82) is 5.41 Å². The number of carbonyl (C=O) groups is 2. The van der Waals surface area contributed by atoms with E-state index in [1.165, 1.54) is 0 Å². The molecule has 4 N–H and O–H groups in total. The van der Waals surface area contributed by atoms with Crippen LogP contribution in [0.5, 0.6) is 0 Å². The fourth-order valence-corrected chi connectivity index (χ4v) is 1.31. The third-order valence-electron chi connectivity index (χ3n) is 2.19. The van der Waals surface area contributed by atoms with Gasteiger partial charge in [0.1, 0.15) is 5.84 Å². The van der Waals surface area contributed by atoms with E-state index in [1.54, 1.807) is 31.2 Å². The molecule has 0 aromatic heterocycles. The molecule has 0 unspecified atom stereocenters. The first-order valence-corrected chi connectivity index (χ1v) is 5.61. The maximum Gasteiger partial charge on any atom is 0.412 e. The van der Waals surface area contributed by atoms with Crippen molar-refractivity contribution in [2.75, 3.05) is 6.61 Å². The highest BCUT2D eigenvalue weighted by molar-refractivity contribution is 6.04. The van der Waals surface area contributed by atoms with E-state index >= 15 is 0 Å². The minimum Gasteiger partial charge on any atom is -0.465 e. The van der Waals surface area contributed by atoms with Crippen LogP contribution < -0.4 is 10.6 Å². The van der Waals surface area contributed by atoms with Crippen LogP contribution in [0.4, 0.5) is 9.59 Å². The van der Waals surface area contributed by atoms with Crippen molar-refractivity contribution in [3.05, 3.63) is 35.4 Å². The zero-order valence-corrected chi connectivity index (χ0v) is 10.4. The summed E-state index contributed by atoms with van der Waals surface area (Å²) in [5, 5.41) is 20.6. The lowest BCUT2D eigenvalue weighted by atomic mass is 10.1. The van der Waals surface area contributed by atoms with Crippen LogP contribution in [0, 0.1) is 5.41 Å². The molecule has 0 aliphatic heterocycles. The van der Waals surface area contributed by atoms with Crippen molar-refractivity contribution >= 4 is 18.0 Å². The molecule has 0 atom stereocenters. The molecule has 1 rings (SSSR count). The Morgan fingerprint density at radius 2 is 1.95 bits per heavy atom. The Hall–Kier alpha value is -2.57. The SMILES string of the molecule is CCOC(=O)NC(=N)c1ccc(CNC(=O)O)cc1. The Morgan fingerprint density at radius 3 is 2.47 bits per heavy atom. The first-order valence-electron chi connectivity index (χ1n) is 5.61. The summed E-state index contributed by atoms with van der Waals surface area (Å²) < 4.78 is 4.66. The van der Waals surface area contributed by atoms with Crippen molar-refractivity contribution in [3.8, 4) is 0 Å². The van der Waals surface area contributed by atoms with E-state index in [1.807, 2.05) is 0 Å². The topological polar surface area (TPSA) is 112 Å². The number of ether oxygens (including phenoxy) is 1. The number of carbonyl (C=O) groups excluding carboxylic acids is 1. The summed E-state index contributed by atoms with van der Waals surface area (Å²) in [6, 6.07) is 6.58. The molecule has 0 radical (unpaired) electrons. The minimum atomic E-state index is -1.10. The van der Waals surface area contributed by atoms with Crippen LogP contribution in [-0.2, 0) is 11.3 Å². The van der Waals surface area contributed by atoms with Crippen LogP contribution in [0.3, 0.4) is 0 Å². The fraction of sp³-hybridized carbons (Fsp3) is 0.250. The molecule has 2 amide bonds. The fourth-order valence-electron chi connectivity index (χ4n) is 1.31. The summed E-state index contributed by atoms with van der Waals surface area (Å²) in [6.45, 7) is 2.10. The third kappa shape index (κ3) is 5.07. The monoisotopic (exact) mass is 265 g/mol. The van der Waals surface area contributed by atoms with Crippen LogP contribution in [-0.4, -0.2) is 29.7 Å². The van der Waals surface area contributed by atoms with Gasteiger partial charge in [0, 0.05) is 12.1 Å². The summed E-state index contributed by atoms with van der Waals surface area (Å²) in [5.74, 6) is -0.0730. The quantitative estimate of drug-likeness (QED) is 0.488. The van der Waals surface area contributed by atoms with Crippen LogP contribution in [0.15, 0.2) is 24.3 Å². The summed E-state index contributed by atoms with van der Waals surface area (Å²) in [4.78, 5) is 21.4. The molecule has 0 saturated carbocycles. The van der Waals surface area contributed by atoms with Crippen molar-refractivity contribution in [2.24, 2.45) is 0 Å². The van der Waals surface area contributed by atoms with E-state index in [-0.39, 0.29) is 19.0 Å². The number of amides is 2. The van der Waals surface area contributed by atoms with E-state index in [9.17, 15) is 9.59 Å². The summed E-state index contributed by atoms with van der Waals surface area (Å²) in [7, 11) is 0. The summed E-state index contributed by atoms with van der Waals surface area (Å²) >= 11 is 0. The molecule has 0 heterocycles. The number of hydrogen-bond acceptors (Lipinski definition) is 4. The predicted octanol–water partition coefficient (Wildman–Crippen LogP) is 1.53. The van der Waals surface area contributed by atoms with E-state index < -0.39 is 12.2 Å². The number of alkyl carbamates (subject to hydrolysis) is 1. The van der Waals surface area contributed by atoms with Gasteiger partial charge < -0.3 is 15.2 Å². The molecule has 1 aromatic rings. The van der Waals surface area contributed by atoms with E-state index in [2.05, 4.69) is 15.4 Å². The van der Waals surface area contributed by atoms with Gasteiger partial charge in [0.15, 0.2) is 0 Å². The largest absolute Gasteiger partial charge is 0.465 e. The molecular formula is C12H15N3O4. The summed E-state index contributed by atoms with van der Waals surface area (Å²) in [6.07, 6.45) is -1.77. The number of amidine groups is 1. The lowest BCUT2D eigenvalue weighted by Crippen LogP contribution is -2.31. The Kier molecular flexibility index (Phi) is 5.34. The highest BCUT2D eigenvalue weighted by atomic mass is 16.5. The van der Waals surface area contributed by atoms with Crippen molar-refractivity contribution in [2.45, 2.75) is 13.5 Å². The van der Waals surface area contributed by atoms with Gasteiger partial charge in [-0.05, 0) is 12.5 Å². The smallest absolute Gasteiger partial charge is 0.412 e. The standard InChI is InChI=1S/C12H15N3O4/c1-2-19-12(18)15-10(13)9-5-3-8(4-6-9)7-14-11(16)17/h3-6,14H,2,7H2,1H3,(H,16,17)(H2,13,15,18). The van der Waals surface area contributed by atoms with Crippen molar-refractivity contribution in [3.63, 3.8) is 0 Å². The molecule has 102 valence electrons. The normalized spacial score (nSPS) is 9.53. The van der Waals surface area contributed by atoms with Crippen LogP contribution in [0.25, 0.3) is 0 Å². The van der Waals surface area contributed by atoms with E-state index in [0.29, 0.717) is 5.56 Å². The van der Waals surface area contributed by atoms with Gasteiger partial charge in [-0.2, -0.15) is 0 Å². The van der Waals surface area contributed by atoms with Gasteiger partial charge >= 0.3 is 12.2 Å². The second-order valence-electron chi connectivity index (χ2n) is 3.58. The average Bonchev–Trinajstić information content (AvgIpc) is 2.37. The first kappa shape index (κ1) is 14.5. The molecule has 0 saturated heterocycles. The highest BCUT2D eigenvalue weighted by Crippen LogP contribution is 2.04. The highest BCUT2D eigenvalue weighted by Gasteiger charge is 2.07. The van der Waals surface area contributed by atoms with E-state index in [4.69, 9.17) is 10.5 Å². The van der Waals surface area contributed by atoms with Gasteiger partial charge in [0.2, 0.25) is 0 Å². The lowest BCUT2D eigenvalue weighted by Gasteiger charge is -2.07. The molecule has 0 aliphatic rings. The van der Waals surface area contributed by atoms with Crippen molar-refractivity contribution in [1.82, 2.24) is 10.6 Å². The number of nitrogens with one attached hydrogen (secondary N) is 3. The van der Waals surface area contributed by atoms with Crippen LogP contribution in [0.2, 0.25) is 0 Å². The van der Waals surface area contributed by atoms with Gasteiger partial charge in [0.25, 0.3) is 0 Å². The maximum atomic E-state index is 11.1. The molecule has 0 aliphatic carbocycles. The Bertz CT molecular complexity index is 470. The average molecular weight is 265 g/mol. The zero-order valence-electron chi connectivity index (χ0n) is 10.4. The molecule has 7 heteroatoms. The number of hydrogen-bond donors (Lipinski definition) is 4. The first-order chi connectivity index (χ1) is 9.02. The van der Waals surface area contributed by atoms with Gasteiger partial charge in [-0.3, -0.25) is 10.7 Å². The molecule has 0 spiro atoms. The second kappa shape index (κ2) is 7.00. The molecular weight excluding hydrogens is 250 g/mol. The predicted molar refractivity (Wildman–Crippen MR) is 68.3 cm³/mol. The zero-order chi connectivity index (χ0) is 14.3.